The minimum atomic E-state index is -2.61. The molecule has 0 saturated heterocycles. The average Bonchev–Trinajstić information content (AvgIpc) is 3.59. The van der Waals surface area contributed by atoms with Gasteiger partial charge in [-0.25, -0.2) is 0 Å². The normalized spacial score (nSPS) is 11.6. The van der Waals surface area contributed by atoms with Gasteiger partial charge < -0.3 is 4.42 Å². The van der Waals surface area contributed by atoms with Gasteiger partial charge in [0, 0.05) is 10.8 Å². The van der Waals surface area contributed by atoms with Gasteiger partial charge in [0.25, 0.3) is 0 Å². The van der Waals surface area contributed by atoms with E-state index < -0.39 is 8.07 Å². The molecule has 0 N–H and O–H groups in total. The van der Waals surface area contributed by atoms with Crippen molar-refractivity contribution in [2.24, 2.45) is 0 Å². The Hall–Kier alpha value is -6.22. The average molecular weight is 655 g/mol. The molecule has 1 nitrogen and oxygen atoms in total. The van der Waals surface area contributed by atoms with Crippen LogP contribution in [0.25, 0.3) is 55.3 Å². The summed E-state index contributed by atoms with van der Waals surface area (Å²) in [6, 6.07) is 75.1. The van der Waals surface area contributed by atoms with Crippen molar-refractivity contribution >= 4 is 50.8 Å². The quantitative estimate of drug-likeness (QED) is 0.123. The van der Waals surface area contributed by atoms with E-state index in [1.165, 1.54) is 54.1 Å². The van der Waals surface area contributed by atoms with Crippen LogP contribution in [0.2, 0.25) is 0 Å². The van der Waals surface area contributed by atoms with Gasteiger partial charge >= 0.3 is 0 Å². The van der Waals surface area contributed by atoms with Crippen LogP contribution in [0.4, 0.5) is 0 Å². The molecule has 1 aromatic heterocycles. The first-order valence-electron chi connectivity index (χ1n) is 17.2. The van der Waals surface area contributed by atoms with Crippen molar-refractivity contribution < 1.29 is 4.42 Å². The fourth-order valence-electron chi connectivity index (χ4n) is 7.74. The van der Waals surface area contributed by atoms with Crippen molar-refractivity contribution in [2.45, 2.75) is 0 Å². The zero-order valence-corrected chi connectivity index (χ0v) is 28.5. The molecule has 8 aromatic carbocycles. The summed E-state index contributed by atoms with van der Waals surface area (Å²) < 4.78 is 6.30. The maximum absolute atomic E-state index is 6.30. The second-order valence-corrected chi connectivity index (χ2v) is 16.7. The molecule has 0 saturated carbocycles. The predicted octanol–water partition coefficient (Wildman–Crippen LogP) is 9.96. The van der Waals surface area contributed by atoms with E-state index in [9.17, 15) is 0 Å². The van der Waals surface area contributed by atoms with Gasteiger partial charge in [-0.05, 0) is 84.5 Å². The van der Waals surface area contributed by atoms with Crippen LogP contribution in [0.1, 0.15) is 0 Å². The molecule has 0 amide bonds. The van der Waals surface area contributed by atoms with E-state index in [1.54, 1.807) is 0 Å². The topological polar surface area (TPSA) is 13.1 Å². The highest BCUT2D eigenvalue weighted by molar-refractivity contribution is 7.19. The molecule has 9 rings (SSSR count). The van der Waals surface area contributed by atoms with E-state index in [0.717, 1.165) is 21.9 Å². The fourth-order valence-corrected chi connectivity index (χ4v) is 12.5. The lowest BCUT2D eigenvalue weighted by Crippen LogP contribution is -2.74. The van der Waals surface area contributed by atoms with E-state index >= 15 is 0 Å². The molecule has 0 unspecified atom stereocenters. The molecule has 0 aliphatic heterocycles. The molecule has 0 aliphatic rings. The molecule has 0 radical (unpaired) electrons. The lowest BCUT2D eigenvalue weighted by atomic mass is 9.91. The number of benzene rings is 8. The van der Waals surface area contributed by atoms with Gasteiger partial charge in [0.15, 0.2) is 8.07 Å². The summed E-state index contributed by atoms with van der Waals surface area (Å²) >= 11 is 0. The summed E-state index contributed by atoms with van der Waals surface area (Å²) in [7, 11) is -2.61. The molecule has 50 heavy (non-hydrogen) atoms. The maximum atomic E-state index is 6.30. The Labute approximate surface area is 293 Å². The number of fused-ring (bicyclic) bond motifs is 3. The van der Waals surface area contributed by atoms with Crippen LogP contribution < -0.4 is 20.7 Å². The van der Waals surface area contributed by atoms with Crippen LogP contribution in [0.15, 0.2) is 211 Å². The fraction of sp³-hybridized carbons (Fsp3) is 0. The Bertz CT molecular complexity index is 2460. The van der Waals surface area contributed by atoms with Crippen LogP contribution in [-0.4, -0.2) is 8.07 Å². The van der Waals surface area contributed by atoms with E-state index in [1.807, 2.05) is 6.07 Å². The molecule has 0 bridgehead atoms. The minimum absolute atomic E-state index is 0.906. The number of hydrogen-bond acceptors (Lipinski definition) is 1. The number of hydrogen-bond donors (Lipinski definition) is 0. The van der Waals surface area contributed by atoms with Crippen molar-refractivity contribution in [2.75, 3.05) is 0 Å². The summed E-state index contributed by atoms with van der Waals surface area (Å²) in [5.41, 5.74) is 8.92. The minimum Gasteiger partial charge on any atom is -0.456 e. The highest BCUT2D eigenvalue weighted by Gasteiger charge is 2.41. The summed E-state index contributed by atoms with van der Waals surface area (Å²) in [4.78, 5) is 0. The van der Waals surface area contributed by atoms with E-state index in [0.29, 0.717) is 0 Å². The predicted molar refractivity (Wildman–Crippen MR) is 214 cm³/mol. The Balaban J connectivity index is 1.24. The van der Waals surface area contributed by atoms with Gasteiger partial charge in [-0.3, -0.25) is 0 Å². The van der Waals surface area contributed by atoms with Crippen molar-refractivity contribution in [3.63, 3.8) is 0 Å². The maximum Gasteiger partial charge on any atom is 0.179 e. The molecule has 1 heterocycles. The van der Waals surface area contributed by atoms with Crippen LogP contribution >= 0.6 is 0 Å². The third-order valence-corrected chi connectivity index (χ3v) is 14.8. The van der Waals surface area contributed by atoms with Crippen LogP contribution in [0.3, 0.4) is 0 Å². The summed E-state index contributed by atoms with van der Waals surface area (Å²) in [5, 5.41) is 7.77. The molecule has 0 fully saturated rings. The van der Waals surface area contributed by atoms with Crippen molar-refractivity contribution in [3.05, 3.63) is 206 Å². The molecule has 9 aromatic rings. The van der Waals surface area contributed by atoms with Crippen molar-refractivity contribution in [1.29, 1.82) is 0 Å². The first-order chi connectivity index (χ1) is 24.8. The zero-order valence-electron chi connectivity index (χ0n) is 27.5. The molecular weight excluding hydrogens is 621 g/mol. The molecule has 236 valence electrons. The zero-order chi connectivity index (χ0) is 33.3. The van der Waals surface area contributed by atoms with E-state index in [-0.39, 0.29) is 0 Å². The van der Waals surface area contributed by atoms with Gasteiger partial charge in [0.1, 0.15) is 11.2 Å². The molecule has 0 atom stereocenters. The smallest absolute Gasteiger partial charge is 0.179 e. The lowest BCUT2D eigenvalue weighted by Gasteiger charge is -2.34. The van der Waals surface area contributed by atoms with Gasteiger partial charge in [-0.15, -0.1) is 0 Å². The summed E-state index contributed by atoms with van der Waals surface area (Å²) in [6.45, 7) is 0. The Morgan fingerprint density at radius 3 is 1.32 bits per heavy atom. The second-order valence-electron chi connectivity index (χ2n) is 12.9. The van der Waals surface area contributed by atoms with Crippen LogP contribution in [-0.2, 0) is 0 Å². The largest absolute Gasteiger partial charge is 0.456 e. The molecular formula is C48H34OSi. The number of furan rings is 1. The second kappa shape index (κ2) is 12.7. The lowest BCUT2D eigenvalue weighted by molar-refractivity contribution is 0.669. The van der Waals surface area contributed by atoms with Crippen LogP contribution in [0.5, 0.6) is 0 Å². The van der Waals surface area contributed by atoms with Crippen molar-refractivity contribution in [1.82, 2.24) is 0 Å². The Morgan fingerprint density at radius 1 is 0.300 bits per heavy atom. The molecule has 0 aliphatic carbocycles. The highest BCUT2D eigenvalue weighted by Crippen LogP contribution is 2.39. The highest BCUT2D eigenvalue weighted by atomic mass is 28.3. The van der Waals surface area contributed by atoms with Gasteiger partial charge in [0.05, 0.1) is 0 Å². The first-order valence-corrected chi connectivity index (χ1v) is 19.2. The third-order valence-electron chi connectivity index (χ3n) is 10.0. The van der Waals surface area contributed by atoms with Gasteiger partial charge in [-0.1, -0.05) is 176 Å². The molecule has 2 heteroatoms. The number of para-hydroxylation sites is 1. The van der Waals surface area contributed by atoms with Gasteiger partial charge in [0.2, 0.25) is 0 Å². The molecule has 0 spiro atoms. The SMILES string of the molecule is c1ccc(-c2cc(-c3ccc([Si](c4ccccc4)(c4ccccc4)c4ccccc4)cc3)cc(-c3cccc4oc5ccccc5c34)c2)cc1. The Morgan fingerprint density at radius 2 is 0.740 bits per heavy atom. The summed E-state index contributed by atoms with van der Waals surface area (Å²) in [6.07, 6.45) is 0. The number of rotatable bonds is 7. The first kappa shape index (κ1) is 29.9. The Kier molecular flexibility index (Phi) is 7.57. The van der Waals surface area contributed by atoms with E-state index in [2.05, 4.69) is 200 Å². The standard InChI is InChI=1S/C48H34OSi/c1-5-16-35(17-6-1)37-32-38(34-39(33-37)44-25-15-27-47-48(44)45-24-13-14-26-46(45)49-47)36-28-30-43(31-29-36)50(40-18-7-2-8-19-40,41-20-9-3-10-21-41)42-22-11-4-12-23-42/h1-34H. The third kappa shape index (κ3) is 5.09. The van der Waals surface area contributed by atoms with Gasteiger partial charge in [-0.2, -0.15) is 0 Å². The monoisotopic (exact) mass is 654 g/mol. The van der Waals surface area contributed by atoms with Crippen molar-refractivity contribution in [3.8, 4) is 33.4 Å². The van der Waals surface area contributed by atoms with Crippen LogP contribution in [0, 0.1) is 0 Å². The van der Waals surface area contributed by atoms with E-state index in [4.69, 9.17) is 4.42 Å². The summed E-state index contributed by atoms with van der Waals surface area (Å²) in [5.74, 6) is 0.